The first-order valence-corrected chi connectivity index (χ1v) is 7.86. The van der Waals surface area contributed by atoms with E-state index in [0.29, 0.717) is 12.8 Å². The maximum Gasteiger partial charge on any atom is 0.137 e. The molecule has 20 heavy (non-hydrogen) atoms. The van der Waals surface area contributed by atoms with Gasteiger partial charge in [0.2, 0.25) is 0 Å². The fraction of sp³-hybridized carbons (Fsp3) is 0.812. The molecule has 4 rings (SSSR count). The number of aliphatic hydroxyl groups is 2. The summed E-state index contributed by atoms with van der Waals surface area (Å²) in [6.45, 7) is 3.61. The average molecular weight is 277 g/mol. The van der Waals surface area contributed by atoms with Crippen LogP contribution in [0.2, 0.25) is 0 Å². The third-order valence-corrected chi connectivity index (χ3v) is 6.46. The van der Waals surface area contributed by atoms with E-state index >= 15 is 0 Å². The normalized spacial score (nSPS) is 57.4. The lowest BCUT2D eigenvalue weighted by Crippen LogP contribution is -2.69. The monoisotopic (exact) mass is 277 g/mol. The van der Waals surface area contributed by atoms with Crippen LogP contribution in [0.5, 0.6) is 0 Å². The van der Waals surface area contributed by atoms with Crippen molar-refractivity contribution in [1.29, 1.82) is 0 Å². The number of carbonyl (C=O) groups excluding carboxylic acids is 1. The Labute approximate surface area is 119 Å². The molecule has 1 spiro atoms. The van der Waals surface area contributed by atoms with Crippen LogP contribution in [0, 0.1) is 23.2 Å². The molecule has 4 heteroatoms. The molecular formula is C16H23NO3. The molecule has 7 atom stereocenters. The van der Waals surface area contributed by atoms with Gasteiger partial charge in [0, 0.05) is 36.8 Å². The number of hydrogen-bond donors (Lipinski definition) is 2. The van der Waals surface area contributed by atoms with Gasteiger partial charge >= 0.3 is 0 Å². The summed E-state index contributed by atoms with van der Waals surface area (Å²) in [7, 11) is 0. The first kappa shape index (κ1) is 13.0. The molecule has 2 N–H and O–H groups in total. The van der Waals surface area contributed by atoms with Crippen LogP contribution in [0.1, 0.15) is 32.6 Å². The number of nitrogens with zero attached hydrogens (tertiary/aromatic N) is 1. The Morgan fingerprint density at radius 2 is 2.25 bits per heavy atom. The van der Waals surface area contributed by atoms with Crippen molar-refractivity contribution in [1.82, 2.24) is 4.90 Å². The van der Waals surface area contributed by atoms with Gasteiger partial charge < -0.3 is 10.2 Å². The zero-order valence-electron chi connectivity index (χ0n) is 12.0. The highest BCUT2D eigenvalue weighted by atomic mass is 16.3. The van der Waals surface area contributed by atoms with Crippen LogP contribution >= 0.6 is 0 Å². The van der Waals surface area contributed by atoms with Crippen molar-refractivity contribution in [3.05, 3.63) is 12.2 Å². The molecule has 0 amide bonds. The van der Waals surface area contributed by atoms with Crippen LogP contribution in [0.25, 0.3) is 0 Å². The van der Waals surface area contributed by atoms with Crippen molar-refractivity contribution in [3.63, 3.8) is 0 Å². The largest absolute Gasteiger partial charge is 0.393 e. The lowest BCUT2D eigenvalue weighted by molar-refractivity contribution is -0.249. The summed E-state index contributed by atoms with van der Waals surface area (Å²) in [5.41, 5.74) is -1.50. The van der Waals surface area contributed by atoms with Crippen molar-refractivity contribution in [3.8, 4) is 0 Å². The highest BCUT2D eigenvalue weighted by Crippen LogP contribution is 2.64. The number of ketones is 1. The minimum atomic E-state index is -0.946. The molecule has 0 aromatic carbocycles. The van der Waals surface area contributed by atoms with E-state index in [9.17, 15) is 15.0 Å². The van der Waals surface area contributed by atoms with Gasteiger partial charge in [0.15, 0.2) is 0 Å². The molecule has 4 aliphatic rings. The predicted octanol–water partition coefficient (Wildman–Crippen LogP) is 0.933. The molecule has 0 aromatic rings. The standard InChI is InChI=1S/C16H23NO3/c1-10-9-16(20)15-5-3-7-17(16)6-2-4-11(15)13(18)8-12(15)14(10)19/h3,5,10-12,14,19-20H,2,4,6-9H2,1H3/t10-,11+,12+,14-,15+,16-/m0/s1. The Morgan fingerprint density at radius 1 is 1.45 bits per heavy atom. The molecule has 1 unspecified atom stereocenters. The molecule has 2 saturated carbocycles. The summed E-state index contributed by atoms with van der Waals surface area (Å²) < 4.78 is 0. The molecule has 2 bridgehead atoms. The topological polar surface area (TPSA) is 60.8 Å². The number of hydrogen-bond acceptors (Lipinski definition) is 4. The van der Waals surface area contributed by atoms with Gasteiger partial charge in [-0.05, 0) is 25.2 Å². The lowest BCUT2D eigenvalue weighted by Gasteiger charge is -2.60. The second kappa shape index (κ2) is 3.93. The molecule has 0 aromatic heterocycles. The first-order chi connectivity index (χ1) is 9.50. The Bertz CT molecular complexity index is 490. The maximum absolute atomic E-state index is 12.5. The first-order valence-electron chi connectivity index (χ1n) is 7.86. The summed E-state index contributed by atoms with van der Waals surface area (Å²) in [5.74, 6) is 0.0545. The van der Waals surface area contributed by atoms with E-state index in [1.807, 2.05) is 6.92 Å². The third kappa shape index (κ3) is 1.26. The minimum Gasteiger partial charge on any atom is -0.393 e. The van der Waals surface area contributed by atoms with E-state index in [1.54, 1.807) is 0 Å². The van der Waals surface area contributed by atoms with Gasteiger partial charge in [-0.15, -0.1) is 0 Å². The van der Waals surface area contributed by atoms with E-state index in [4.69, 9.17) is 0 Å². The molecule has 1 saturated heterocycles. The summed E-state index contributed by atoms with van der Waals surface area (Å²) in [5, 5.41) is 22.2. The van der Waals surface area contributed by atoms with Gasteiger partial charge in [-0.25, -0.2) is 0 Å². The van der Waals surface area contributed by atoms with Crippen molar-refractivity contribution >= 4 is 5.78 Å². The van der Waals surface area contributed by atoms with Crippen LogP contribution in [0.15, 0.2) is 12.2 Å². The second-order valence-corrected chi connectivity index (χ2v) is 7.24. The van der Waals surface area contributed by atoms with E-state index in [2.05, 4.69) is 17.1 Å². The van der Waals surface area contributed by atoms with Gasteiger partial charge in [-0.3, -0.25) is 9.69 Å². The number of Topliss-reactive ketones (excluding diaryl/α,β-unsaturated/α-hetero) is 1. The third-order valence-electron chi connectivity index (χ3n) is 6.46. The highest BCUT2D eigenvalue weighted by Gasteiger charge is 2.71. The van der Waals surface area contributed by atoms with Crippen LogP contribution in [-0.4, -0.2) is 45.8 Å². The van der Waals surface area contributed by atoms with Gasteiger partial charge in [0.25, 0.3) is 0 Å². The second-order valence-electron chi connectivity index (χ2n) is 7.24. The van der Waals surface area contributed by atoms with Crippen molar-refractivity contribution in [2.45, 2.75) is 44.4 Å². The van der Waals surface area contributed by atoms with Crippen molar-refractivity contribution in [2.24, 2.45) is 23.2 Å². The fourth-order valence-corrected chi connectivity index (χ4v) is 5.64. The zero-order valence-corrected chi connectivity index (χ0v) is 12.0. The average Bonchev–Trinajstić information content (AvgIpc) is 2.67. The van der Waals surface area contributed by atoms with Crippen LogP contribution < -0.4 is 0 Å². The van der Waals surface area contributed by atoms with Crippen molar-refractivity contribution < 1.29 is 15.0 Å². The van der Waals surface area contributed by atoms with Gasteiger partial charge in [0.05, 0.1) is 6.10 Å². The summed E-state index contributed by atoms with van der Waals surface area (Å²) in [6, 6.07) is 0. The minimum absolute atomic E-state index is 0.0387. The summed E-state index contributed by atoms with van der Waals surface area (Å²) in [4.78, 5) is 14.7. The molecule has 2 heterocycles. The molecular weight excluding hydrogens is 254 g/mol. The van der Waals surface area contributed by atoms with E-state index in [-0.39, 0.29) is 23.5 Å². The fourth-order valence-electron chi connectivity index (χ4n) is 5.64. The summed E-state index contributed by atoms with van der Waals surface area (Å²) >= 11 is 0. The smallest absolute Gasteiger partial charge is 0.137 e. The Balaban J connectivity index is 1.96. The number of rotatable bonds is 0. The quantitative estimate of drug-likeness (QED) is 0.647. The molecule has 4 nitrogen and oxygen atoms in total. The molecule has 2 aliphatic heterocycles. The van der Waals surface area contributed by atoms with Crippen LogP contribution in [0.3, 0.4) is 0 Å². The number of carbonyl (C=O) groups is 1. The molecule has 110 valence electrons. The van der Waals surface area contributed by atoms with E-state index in [1.165, 1.54) is 0 Å². The lowest BCUT2D eigenvalue weighted by atomic mass is 9.54. The molecule has 0 radical (unpaired) electrons. The van der Waals surface area contributed by atoms with Crippen LogP contribution in [0.4, 0.5) is 0 Å². The Hall–Kier alpha value is -0.710. The Morgan fingerprint density at radius 3 is 3.05 bits per heavy atom. The highest BCUT2D eigenvalue weighted by molar-refractivity contribution is 5.86. The SMILES string of the molecule is C[C@H]1C[C@@]2(O)N3CC=C[C@]24[C@H](CCC3)C(=O)C[C@@H]4[C@H]1O. The predicted molar refractivity (Wildman–Crippen MR) is 73.7 cm³/mol. The van der Waals surface area contributed by atoms with Gasteiger partial charge in [-0.1, -0.05) is 19.1 Å². The van der Waals surface area contributed by atoms with Gasteiger partial charge in [-0.2, -0.15) is 0 Å². The summed E-state index contributed by atoms with van der Waals surface area (Å²) in [6.07, 6.45) is 6.51. The number of aliphatic hydroxyl groups excluding tert-OH is 1. The van der Waals surface area contributed by atoms with E-state index < -0.39 is 17.2 Å². The van der Waals surface area contributed by atoms with E-state index in [0.717, 1.165) is 25.9 Å². The zero-order chi connectivity index (χ0) is 14.1. The molecule has 3 fully saturated rings. The van der Waals surface area contributed by atoms with Crippen molar-refractivity contribution in [2.75, 3.05) is 13.1 Å². The van der Waals surface area contributed by atoms with Crippen LogP contribution in [-0.2, 0) is 4.79 Å². The van der Waals surface area contributed by atoms with Gasteiger partial charge in [0.1, 0.15) is 11.5 Å². The Kier molecular flexibility index (Phi) is 2.55. The molecule has 2 aliphatic carbocycles. The maximum atomic E-state index is 12.5.